The molecule has 2 aromatic heterocycles. The van der Waals surface area contributed by atoms with Crippen molar-refractivity contribution in [3.8, 4) is 5.82 Å². The van der Waals surface area contributed by atoms with Gasteiger partial charge in [-0.2, -0.15) is 5.10 Å². The summed E-state index contributed by atoms with van der Waals surface area (Å²) in [4.78, 5) is 18.8. The Bertz CT molecular complexity index is 811. The van der Waals surface area contributed by atoms with Gasteiger partial charge < -0.3 is 10.2 Å². The third-order valence-electron chi connectivity index (χ3n) is 3.38. The molecule has 0 radical (unpaired) electrons. The van der Waals surface area contributed by atoms with Gasteiger partial charge in [-0.15, -0.1) is 0 Å². The number of hydrogen-bond acceptors (Lipinski definition) is 4. The maximum Gasteiger partial charge on any atom is 0.255 e. The number of carbonyl (C=O) groups excluding carboxylic acids is 1. The first kappa shape index (κ1) is 14.8. The molecule has 1 N–H and O–H groups in total. The van der Waals surface area contributed by atoms with Crippen molar-refractivity contribution < 1.29 is 4.79 Å². The van der Waals surface area contributed by atoms with Gasteiger partial charge in [0.1, 0.15) is 0 Å². The van der Waals surface area contributed by atoms with Crippen LogP contribution in [0.1, 0.15) is 10.4 Å². The Morgan fingerprint density at radius 3 is 2.74 bits per heavy atom. The smallest absolute Gasteiger partial charge is 0.255 e. The molecule has 6 heteroatoms. The van der Waals surface area contributed by atoms with Crippen molar-refractivity contribution in [3.63, 3.8) is 0 Å². The summed E-state index contributed by atoms with van der Waals surface area (Å²) in [7, 11) is 3.88. The van der Waals surface area contributed by atoms with Gasteiger partial charge in [-0.05, 0) is 36.4 Å². The van der Waals surface area contributed by atoms with Gasteiger partial charge in [0.25, 0.3) is 5.91 Å². The van der Waals surface area contributed by atoms with Crippen molar-refractivity contribution in [1.82, 2.24) is 14.8 Å². The zero-order valence-corrected chi connectivity index (χ0v) is 13.0. The second-order valence-electron chi connectivity index (χ2n) is 5.22. The maximum absolute atomic E-state index is 12.5. The van der Waals surface area contributed by atoms with Crippen LogP contribution in [0.15, 0.2) is 61.1 Å². The Morgan fingerprint density at radius 1 is 1.13 bits per heavy atom. The number of nitrogens with zero attached hydrogens (tertiary/aromatic N) is 4. The van der Waals surface area contributed by atoms with E-state index in [0.29, 0.717) is 17.1 Å². The predicted octanol–water partition coefficient (Wildman–Crippen LogP) is 2.59. The maximum atomic E-state index is 12.5. The van der Waals surface area contributed by atoms with E-state index >= 15 is 0 Å². The summed E-state index contributed by atoms with van der Waals surface area (Å²) >= 11 is 0. The Morgan fingerprint density at radius 2 is 2.00 bits per heavy atom. The average Bonchev–Trinajstić information content (AvgIpc) is 3.09. The van der Waals surface area contributed by atoms with E-state index in [1.165, 1.54) is 0 Å². The van der Waals surface area contributed by atoms with Gasteiger partial charge in [-0.1, -0.05) is 6.07 Å². The molecule has 0 spiro atoms. The number of hydrogen-bond donors (Lipinski definition) is 1. The average molecular weight is 307 g/mol. The second kappa shape index (κ2) is 6.31. The summed E-state index contributed by atoms with van der Waals surface area (Å²) in [5.74, 6) is 0.393. The molecule has 0 atom stereocenters. The SMILES string of the molecule is CN(C)c1cccc(C(=O)Nc2cccnc2-n2cccn2)c1. The minimum atomic E-state index is -0.185. The number of nitrogens with one attached hydrogen (secondary N) is 1. The van der Waals surface area contributed by atoms with E-state index < -0.39 is 0 Å². The van der Waals surface area contributed by atoms with Crippen LogP contribution in [-0.2, 0) is 0 Å². The molecule has 0 aliphatic carbocycles. The molecule has 0 unspecified atom stereocenters. The lowest BCUT2D eigenvalue weighted by Gasteiger charge is -2.14. The molecule has 3 rings (SSSR count). The van der Waals surface area contributed by atoms with Gasteiger partial charge >= 0.3 is 0 Å². The topological polar surface area (TPSA) is 63.1 Å². The van der Waals surface area contributed by atoms with Crippen molar-refractivity contribution in [2.75, 3.05) is 24.3 Å². The van der Waals surface area contributed by atoms with Crippen LogP contribution in [0.5, 0.6) is 0 Å². The van der Waals surface area contributed by atoms with Crippen molar-refractivity contribution in [1.29, 1.82) is 0 Å². The van der Waals surface area contributed by atoms with Crippen LogP contribution in [0.3, 0.4) is 0 Å². The molecule has 0 aliphatic rings. The number of carbonyl (C=O) groups is 1. The fourth-order valence-electron chi connectivity index (χ4n) is 2.19. The summed E-state index contributed by atoms with van der Waals surface area (Å²) in [5.41, 5.74) is 2.17. The number of amides is 1. The summed E-state index contributed by atoms with van der Waals surface area (Å²) < 4.78 is 1.62. The van der Waals surface area contributed by atoms with Crippen molar-refractivity contribution in [3.05, 3.63) is 66.6 Å². The van der Waals surface area contributed by atoms with Crippen LogP contribution >= 0.6 is 0 Å². The Labute approximate surface area is 134 Å². The number of rotatable bonds is 4. The van der Waals surface area contributed by atoms with Crippen molar-refractivity contribution >= 4 is 17.3 Å². The van der Waals surface area contributed by atoms with E-state index in [-0.39, 0.29) is 5.91 Å². The highest BCUT2D eigenvalue weighted by Crippen LogP contribution is 2.19. The summed E-state index contributed by atoms with van der Waals surface area (Å²) in [5, 5.41) is 7.06. The molecule has 2 heterocycles. The largest absolute Gasteiger partial charge is 0.378 e. The number of anilines is 2. The van der Waals surface area contributed by atoms with E-state index in [4.69, 9.17) is 0 Å². The lowest BCUT2D eigenvalue weighted by molar-refractivity contribution is 0.102. The number of aromatic nitrogens is 3. The Hall–Kier alpha value is -3.15. The standard InChI is InChI=1S/C17H17N5O/c1-21(2)14-7-3-6-13(12-14)17(23)20-15-8-4-9-18-16(15)22-11-5-10-19-22/h3-12H,1-2H3,(H,20,23). The number of benzene rings is 1. The van der Waals surface area contributed by atoms with Gasteiger partial charge in [0.05, 0.1) is 5.69 Å². The third-order valence-corrected chi connectivity index (χ3v) is 3.38. The molecule has 0 fully saturated rings. The minimum Gasteiger partial charge on any atom is -0.378 e. The summed E-state index contributed by atoms with van der Waals surface area (Å²) in [6, 6.07) is 12.8. The van der Waals surface area contributed by atoms with Gasteiger partial charge in [-0.3, -0.25) is 4.79 Å². The first-order valence-electron chi connectivity index (χ1n) is 7.19. The van der Waals surface area contributed by atoms with E-state index in [1.807, 2.05) is 37.2 Å². The second-order valence-corrected chi connectivity index (χ2v) is 5.22. The molecule has 0 saturated carbocycles. The van der Waals surface area contributed by atoms with Gasteiger partial charge in [0, 0.05) is 43.9 Å². The van der Waals surface area contributed by atoms with Crippen molar-refractivity contribution in [2.24, 2.45) is 0 Å². The molecule has 1 amide bonds. The highest BCUT2D eigenvalue weighted by molar-refractivity contribution is 6.05. The highest BCUT2D eigenvalue weighted by Gasteiger charge is 2.12. The van der Waals surface area contributed by atoms with Crippen LogP contribution in [0.4, 0.5) is 11.4 Å². The molecule has 23 heavy (non-hydrogen) atoms. The first-order valence-corrected chi connectivity index (χ1v) is 7.19. The monoisotopic (exact) mass is 307 g/mol. The summed E-state index contributed by atoms with van der Waals surface area (Å²) in [6.07, 6.45) is 5.12. The van der Waals surface area contributed by atoms with Crippen LogP contribution in [0.2, 0.25) is 0 Å². The van der Waals surface area contributed by atoms with E-state index in [2.05, 4.69) is 15.4 Å². The molecular formula is C17H17N5O. The fraction of sp³-hybridized carbons (Fsp3) is 0.118. The Kier molecular flexibility index (Phi) is 4.05. The quantitative estimate of drug-likeness (QED) is 0.804. The van der Waals surface area contributed by atoms with Gasteiger partial charge in [0.2, 0.25) is 0 Å². The van der Waals surface area contributed by atoms with Gasteiger partial charge in [-0.25, -0.2) is 9.67 Å². The predicted molar refractivity (Wildman–Crippen MR) is 90.1 cm³/mol. The van der Waals surface area contributed by atoms with Crippen LogP contribution in [0, 0.1) is 0 Å². The van der Waals surface area contributed by atoms with Crippen LogP contribution < -0.4 is 10.2 Å². The molecule has 0 aliphatic heterocycles. The van der Waals surface area contributed by atoms with Crippen LogP contribution in [-0.4, -0.2) is 34.8 Å². The van der Waals surface area contributed by atoms with E-state index in [1.54, 1.807) is 47.5 Å². The normalized spacial score (nSPS) is 10.3. The zero-order valence-electron chi connectivity index (χ0n) is 13.0. The van der Waals surface area contributed by atoms with E-state index in [0.717, 1.165) is 5.69 Å². The molecule has 6 nitrogen and oxygen atoms in total. The van der Waals surface area contributed by atoms with E-state index in [9.17, 15) is 4.79 Å². The molecule has 3 aromatic rings. The molecule has 1 aromatic carbocycles. The molecular weight excluding hydrogens is 290 g/mol. The molecule has 0 saturated heterocycles. The third kappa shape index (κ3) is 3.21. The Balaban J connectivity index is 1.88. The minimum absolute atomic E-state index is 0.185. The first-order chi connectivity index (χ1) is 11.1. The summed E-state index contributed by atoms with van der Waals surface area (Å²) in [6.45, 7) is 0. The fourth-order valence-corrected chi connectivity index (χ4v) is 2.19. The molecule has 0 bridgehead atoms. The van der Waals surface area contributed by atoms with Crippen molar-refractivity contribution in [2.45, 2.75) is 0 Å². The zero-order chi connectivity index (χ0) is 16.2. The van der Waals surface area contributed by atoms with Gasteiger partial charge in [0.15, 0.2) is 5.82 Å². The highest BCUT2D eigenvalue weighted by atomic mass is 16.1. The lowest BCUT2D eigenvalue weighted by Crippen LogP contribution is -2.16. The van der Waals surface area contributed by atoms with Crippen LogP contribution in [0.25, 0.3) is 5.82 Å². The lowest BCUT2D eigenvalue weighted by atomic mass is 10.1. The number of pyridine rings is 1. The molecule has 116 valence electrons.